The van der Waals surface area contributed by atoms with Gasteiger partial charge < -0.3 is 25.8 Å². The number of anilines is 1. The minimum Gasteiger partial charge on any atom is -0.480 e. The number of aromatic nitrogens is 4. The van der Waals surface area contributed by atoms with Crippen molar-refractivity contribution in [2.45, 2.75) is 56.9 Å². The van der Waals surface area contributed by atoms with Gasteiger partial charge in [0, 0.05) is 48.5 Å². The van der Waals surface area contributed by atoms with E-state index in [1.165, 1.54) is 6.20 Å². The van der Waals surface area contributed by atoms with E-state index in [0.29, 0.717) is 31.9 Å². The van der Waals surface area contributed by atoms with Crippen LogP contribution in [-0.4, -0.2) is 75.9 Å². The number of hydrogen-bond acceptors (Lipinski definition) is 8. The minimum atomic E-state index is -1.15. The van der Waals surface area contributed by atoms with Crippen molar-refractivity contribution in [3.63, 3.8) is 0 Å². The lowest BCUT2D eigenvalue weighted by molar-refractivity contribution is -0.139. The van der Waals surface area contributed by atoms with Crippen LogP contribution in [0.2, 0.25) is 0 Å². The average Bonchev–Trinajstić information content (AvgIpc) is 3.75. The molecule has 2 amide bonds. The quantitative estimate of drug-likeness (QED) is 0.130. The summed E-state index contributed by atoms with van der Waals surface area (Å²) in [6.07, 6.45) is 12.9. The van der Waals surface area contributed by atoms with Gasteiger partial charge in [-0.05, 0) is 86.7 Å². The zero-order valence-corrected chi connectivity index (χ0v) is 26.6. The van der Waals surface area contributed by atoms with Crippen LogP contribution >= 0.6 is 0 Å². The molecule has 244 valence electrons. The lowest BCUT2D eigenvalue weighted by Crippen LogP contribution is -2.42. The highest BCUT2D eigenvalue weighted by molar-refractivity contribution is 6.06. The summed E-state index contributed by atoms with van der Waals surface area (Å²) < 4.78 is 5.72. The molecule has 5 N–H and O–H groups in total. The molecule has 1 spiro atoms. The number of carbonyl (C=O) groups is 3. The molecule has 6 rings (SSSR count). The molecule has 12 nitrogen and oxygen atoms in total. The van der Waals surface area contributed by atoms with Gasteiger partial charge in [-0.15, -0.1) is 0 Å². The highest BCUT2D eigenvalue weighted by atomic mass is 16.5. The molecule has 3 aromatic heterocycles. The molecule has 0 radical (unpaired) electrons. The molecule has 4 aromatic rings. The maximum absolute atomic E-state index is 13.4. The van der Waals surface area contributed by atoms with Gasteiger partial charge in [0.2, 0.25) is 5.91 Å². The lowest BCUT2D eigenvalue weighted by atomic mass is 9.79. The summed E-state index contributed by atoms with van der Waals surface area (Å²) in [5.74, 6) is -1.30. The Morgan fingerprint density at radius 3 is 2.81 bits per heavy atom. The topological polar surface area (TPSA) is 171 Å². The molecule has 0 unspecified atom stereocenters. The van der Waals surface area contributed by atoms with Crippen LogP contribution in [-0.2, 0) is 39.0 Å². The maximum atomic E-state index is 13.4. The number of amides is 2. The van der Waals surface area contributed by atoms with Crippen molar-refractivity contribution in [2.24, 2.45) is 0 Å². The second-order valence-corrected chi connectivity index (χ2v) is 12.3. The van der Waals surface area contributed by atoms with E-state index in [4.69, 9.17) is 4.74 Å². The summed E-state index contributed by atoms with van der Waals surface area (Å²) in [5, 5.41) is 26.5. The number of fused-ring (bicyclic) bond motifs is 4. The molecule has 1 aromatic carbocycles. The van der Waals surface area contributed by atoms with Gasteiger partial charge in [-0.3, -0.25) is 19.7 Å². The third kappa shape index (κ3) is 6.79. The predicted octanol–water partition coefficient (Wildman–Crippen LogP) is 3.50. The SMILES string of the molecule is CNCCCCCOC/C=C/c1cnc2c(c1)[C@@]1(Cc3cc(C(=O)N[C@H](Cc4cc(C)c5[nH]ncc5c4)C(=O)O)cnc3C1)C(=O)N2. The average molecular weight is 638 g/mol. The van der Waals surface area contributed by atoms with Crippen molar-refractivity contribution in [1.82, 2.24) is 30.8 Å². The first-order chi connectivity index (χ1) is 22.8. The Morgan fingerprint density at radius 2 is 1.98 bits per heavy atom. The molecule has 12 heteroatoms. The van der Waals surface area contributed by atoms with Crippen molar-refractivity contribution in [3.05, 3.63) is 88.0 Å². The van der Waals surface area contributed by atoms with E-state index in [0.717, 1.165) is 70.2 Å². The number of ether oxygens (including phenoxy) is 1. The number of carbonyl (C=O) groups excluding carboxylic acids is 2. The number of pyridine rings is 2. The van der Waals surface area contributed by atoms with Gasteiger partial charge >= 0.3 is 5.97 Å². The molecule has 0 saturated heterocycles. The molecular weight excluding hydrogens is 598 g/mol. The number of nitrogens with zero attached hydrogens (tertiary/aromatic N) is 3. The van der Waals surface area contributed by atoms with Crippen LogP contribution in [0.4, 0.5) is 5.82 Å². The van der Waals surface area contributed by atoms with Crippen LogP contribution in [0.5, 0.6) is 0 Å². The number of H-pyrrole nitrogens is 1. The van der Waals surface area contributed by atoms with E-state index in [1.807, 2.05) is 44.3 Å². The first kappa shape index (κ1) is 32.0. The van der Waals surface area contributed by atoms with E-state index in [2.05, 4.69) is 36.1 Å². The second kappa shape index (κ2) is 13.8. The van der Waals surface area contributed by atoms with Gasteiger partial charge in [-0.1, -0.05) is 18.2 Å². The van der Waals surface area contributed by atoms with Crippen molar-refractivity contribution >= 4 is 40.6 Å². The largest absolute Gasteiger partial charge is 0.480 e. The summed E-state index contributed by atoms with van der Waals surface area (Å²) in [4.78, 5) is 47.9. The predicted molar refractivity (Wildman–Crippen MR) is 177 cm³/mol. The van der Waals surface area contributed by atoms with Gasteiger partial charge in [-0.25, -0.2) is 9.78 Å². The number of aryl methyl sites for hydroxylation is 1. The Balaban J connectivity index is 1.12. The monoisotopic (exact) mass is 637 g/mol. The van der Waals surface area contributed by atoms with Crippen molar-refractivity contribution < 1.29 is 24.2 Å². The van der Waals surface area contributed by atoms with E-state index in [9.17, 15) is 19.5 Å². The number of unbranched alkanes of at least 4 members (excludes halogenated alkanes) is 2. The third-order valence-electron chi connectivity index (χ3n) is 8.96. The minimum absolute atomic E-state index is 0.105. The number of hydrogen-bond donors (Lipinski definition) is 5. The number of nitrogens with one attached hydrogen (secondary N) is 4. The zero-order chi connectivity index (χ0) is 33.0. The first-order valence-electron chi connectivity index (χ1n) is 15.9. The van der Waals surface area contributed by atoms with E-state index in [1.54, 1.807) is 18.5 Å². The highest BCUT2D eigenvalue weighted by Gasteiger charge is 2.52. The molecule has 1 aliphatic carbocycles. The Kier molecular flexibility index (Phi) is 9.41. The third-order valence-corrected chi connectivity index (χ3v) is 8.96. The first-order valence-corrected chi connectivity index (χ1v) is 15.9. The Bertz CT molecular complexity index is 1850. The molecular formula is C35H39N7O5. The molecule has 1 aliphatic heterocycles. The number of benzene rings is 1. The number of carboxylic acids is 1. The van der Waals surface area contributed by atoms with Gasteiger partial charge in [0.05, 0.1) is 29.3 Å². The van der Waals surface area contributed by atoms with Crippen LogP contribution in [0.1, 0.15) is 63.1 Å². The molecule has 4 heterocycles. The van der Waals surface area contributed by atoms with Crippen LogP contribution in [0.15, 0.2) is 48.9 Å². The fourth-order valence-corrected chi connectivity index (χ4v) is 6.51. The van der Waals surface area contributed by atoms with Crippen molar-refractivity contribution in [1.29, 1.82) is 0 Å². The summed E-state index contributed by atoms with van der Waals surface area (Å²) in [7, 11) is 1.95. The fourth-order valence-electron chi connectivity index (χ4n) is 6.51. The van der Waals surface area contributed by atoms with E-state index in [-0.39, 0.29) is 17.9 Å². The number of aliphatic carboxylic acids is 1. The molecule has 2 atom stereocenters. The van der Waals surface area contributed by atoms with Gasteiger partial charge in [0.1, 0.15) is 11.9 Å². The smallest absolute Gasteiger partial charge is 0.326 e. The molecule has 2 aliphatic rings. The van der Waals surface area contributed by atoms with Crippen LogP contribution in [0, 0.1) is 6.92 Å². The molecule has 0 bridgehead atoms. The summed E-state index contributed by atoms with van der Waals surface area (Å²) in [5.41, 5.74) is 5.13. The summed E-state index contributed by atoms with van der Waals surface area (Å²) in [6, 6.07) is 6.30. The van der Waals surface area contributed by atoms with Crippen LogP contribution < -0.4 is 16.0 Å². The highest BCUT2D eigenvalue weighted by Crippen LogP contribution is 2.46. The second-order valence-electron chi connectivity index (χ2n) is 12.3. The Hall–Kier alpha value is -4.94. The van der Waals surface area contributed by atoms with Crippen LogP contribution in [0.25, 0.3) is 17.0 Å². The normalized spacial score (nSPS) is 17.3. The standard InChI is InChI=1S/C35H39N7O5/c1-21-11-23(12-25-20-39-42-30(21)25)14-28(33(44)45)40-32(43)26-15-24-16-35(17-29(24)37-19-26)27-13-22(18-38-31(27)41-34(35)46)7-6-10-47-9-5-3-4-8-36-2/h6-7,11-13,15,18-20,28,36H,3-5,8-10,14,16-17H2,1-2H3,(H,39,42)(H,40,43)(H,44,45)(H,38,41,46)/b7-6+/t28-,35+/m1/s1. The van der Waals surface area contributed by atoms with Crippen molar-refractivity contribution in [3.8, 4) is 0 Å². The van der Waals surface area contributed by atoms with E-state index >= 15 is 0 Å². The van der Waals surface area contributed by atoms with E-state index < -0.39 is 23.3 Å². The summed E-state index contributed by atoms with van der Waals surface area (Å²) in [6.45, 7) is 4.14. The van der Waals surface area contributed by atoms with Crippen LogP contribution in [0.3, 0.4) is 0 Å². The maximum Gasteiger partial charge on any atom is 0.326 e. The molecule has 47 heavy (non-hydrogen) atoms. The Morgan fingerprint density at radius 1 is 1.11 bits per heavy atom. The van der Waals surface area contributed by atoms with Gasteiger partial charge in [0.25, 0.3) is 5.91 Å². The number of aromatic amines is 1. The lowest BCUT2D eigenvalue weighted by Gasteiger charge is -2.20. The van der Waals surface area contributed by atoms with Gasteiger partial charge in [-0.2, -0.15) is 5.10 Å². The molecule has 0 saturated carbocycles. The van der Waals surface area contributed by atoms with Crippen molar-refractivity contribution in [2.75, 3.05) is 32.1 Å². The zero-order valence-electron chi connectivity index (χ0n) is 26.6. The fraction of sp³-hybridized carbons (Fsp3) is 0.371. The Labute approximate surface area is 272 Å². The van der Waals surface area contributed by atoms with Gasteiger partial charge in [0.15, 0.2) is 0 Å². The number of carboxylic acid groups (broad SMARTS) is 1. The number of rotatable bonds is 14. The molecule has 0 fully saturated rings. The summed E-state index contributed by atoms with van der Waals surface area (Å²) >= 11 is 0.